The van der Waals surface area contributed by atoms with E-state index in [1.807, 2.05) is 18.2 Å². The Labute approximate surface area is 151 Å². The zero-order valence-corrected chi connectivity index (χ0v) is 14.8. The molecular formula is C19H20N2O3S. The lowest BCUT2D eigenvalue weighted by molar-refractivity contribution is -0.122. The summed E-state index contributed by atoms with van der Waals surface area (Å²) < 4.78 is 5.50. The van der Waals surface area contributed by atoms with Crippen molar-refractivity contribution in [2.45, 2.75) is 19.4 Å². The van der Waals surface area contributed by atoms with Crippen LogP contribution in [0.25, 0.3) is 0 Å². The van der Waals surface area contributed by atoms with Gasteiger partial charge < -0.3 is 15.4 Å². The predicted molar refractivity (Wildman–Crippen MR) is 101 cm³/mol. The van der Waals surface area contributed by atoms with E-state index in [0.29, 0.717) is 22.9 Å². The minimum atomic E-state index is -0.506. The molecule has 0 spiro atoms. The van der Waals surface area contributed by atoms with Crippen LogP contribution in [0.4, 0.5) is 11.4 Å². The van der Waals surface area contributed by atoms with Crippen LogP contribution in [-0.2, 0) is 16.0 Å². The Kier molecular flexibility index (Phi) is 5.60. The maximum Gasteiger partial charge on any atom is 0.265 e. The summed E-state index contributed by atoms with van der Waals surface area (Å²) >= 11 is 1.60. The molecule has 1 atom stereocenters. The molecule has 0 bridgehead atoms. The Morgan fingerprint density at radius 1 is 1.24 bits per heavy atom. The fourth-order valence-corrected chi connectivity index (χ4v) is 3.27. The molecule has 130 valence electrons. The summed E-state index contributed by atoms with van der Waals surface area (Å²) in [5, 5.41) is 5.62. The first-order valence-corrected chi connectivity index (χ1v) is 9.30. The molecule has 0 fully saturated rings. The van der Waals surface area contributed by atoms with Gasteiger partial charge in [0.1, 0.15) is 5.75 Å². The molecule has 25 heavy (non-hydrogen) atoms. The normalized spacial score (nSPS) is 15.7. The van der Waals surface area contributed by atoms with Gasteiger partial charge in [-0.3, -0.25) is 9.59 Å². The molecule has 3 rings (SSSR count). The van der Waals surface area contributed by atoms with E-state index >= 15 is 0 Å². The molecule has 0 saturated carbocycles. The fourth-order valence-electron chi connectivity index (χ4n) is 2.48. The molecule has 2 aromatic carbocycles. The summed E-state index contributed by atoms with van der Waals surface area (Å²) in [5.74, 6) is 1.65. The van der Waals surface area contributed by atoms with Gasteiger partial charge in [0, 0.05) is 5.69 Å². The van der Waals surface area contributed by atoms with Gasteiger partial charge in [-0.15, -0.1) is 0 Å². The van der Waals surface area contributed by atoms with Crippen molar-refractivity contribution in [1.29, 1.82) is 0 Å². The van der Waals surface area contributed by atoms with Crippen molar-refractivity contribution in [3.63, 3.8) is 0 Å². The zero-order chi connectivity index (χ0) is 17.6. The third-order valence-corrected chi connectivity index (χ3v) is 4.76. The highest BCUT2D eigenvalue weighted by Gasteiger charge is 2.23. The second kappa shape index (κ2) is 8.07. The SMILES string of the molecule is CC1Oc2ccc(NC(=O)CSCCc3ccccc3)cc2NC1=O. The average Bonchev–Trinajstić information content (AvgIpc) is 2.61. The maximum absolute atomic E-state index is 12.1. The predicted octanol–water partition coefficient (Wildman–Crippen LogP) is 3.32. The molecule has 6 heteroatoms. The first-order chi connectivity index (χ1) is 12.1. The Hall–Kier alpha value is -2.47. The van der Waals surface area contributed by atoms with Gasteiger partial charge in [-0.25, -0.2) is 0 Å². The topological polar surface area (TPSA) is 67.4 Å². The van der Waals surface area contributed by atoms with Crippen molar-refractivity contribution in [3.05, 3.63) is 54.1 Å². The molecule has 2 aromatic rings. The highest BCUT2D eigenvalue weighted by atomic mass is 32.2. The summed E-state index contributed by atoms with van der Waals surface area (Å²) in [4.78, 5) is 23.7. The van der Waals surface area contributed by atoms with Gasteiger partial charge in [0.15, 0.2) is 6.10 Å². The number of carbonyl (C=O) groups is 2. The van der Waals surface area contributed by atoms with Gasteiger partial charge in [0.05, 0.1) is 11.4 Å². The second-order valence-electron chi connectivity index (χ2n) is 5.80. The lowest BCUT2D eigenvalue weighted by Gasteiger charge is -2.23. The molecule has 0 aliphatic carbocycles. The Morgan fingerprint density at radius 2 is 2.04 bits per heavy atom. The Balaban J connectivity index is 1.47. The number of hydrogen-bond donors (Lipinski definition) is 2. The highest BCUT2D eigenvalue weighted by molar-refractivity contribution is 7.99. The van der Waals surface area contributed by atoms with Crippen LogP contribution >= 0.6 is 11.8 Å². The van der Waals surface area contributed by atoms with Gasteiger partial charge in [0.2, 0.25) is 5.91 Å². The lowest BCUT2D eigenvalue weighted by Crippen LogP contribution is -2.34. The van der Waals surface area contributed by atoms with E-state index in [9.17, 15) is 9.59 Å². The van der Waals surface area contributed by atoms with Crippen LogP contribution in [0.5, 0.6) is 5.75 Å². The molecule has 0 aromatic heterocycles. The van der Waals surface area contributed by atoms with Crippen molar-refractivity contribution >= 4 is 35.0 Å². The number of fused-ring (bicyclic) bond motifs is 1. The van der Waals surface area contributed by atoms with Gasteiger partial charge in [0.25, 0.3) is 5.91 Å². The minimum absolute atomic E-state index is 0.0607. The molecule has 1 aliphatic heterocycles. The third kappa shape index (κ3) is 4.76. The van der Waals surface area contributed by atoms with E-state index in [2.05, 4.69) is 22.8 Å². The van der Waals surface area contributed by atoms with Crippen molar-refractivity contribution in [2.24, 2.45) is 0 Å². The third-order valence-electron chi connectivity index (χ3n) is 3.81. The summed E-state index contributed by atoms with van der Waals surface area (Å²) in [7, 11) is 0. The highest BCUT2D eigenvalue weighted by Crippen LogP contribution is 2.32. The van der Waals surface area contributed by atoms with Crippen molar-refractivity contribution in [2.75, 3.05) is 22.1 Å². The Bertz CT molecular complexity index is 765. The van der Waals surface area contributed by atoms with Crippen LogP contribution in [0.3, 0.4) is 0 Å². The largest absolute Gasteiger partial charge is 0.479 e. The van der Waals surface area contributed by atoms with Crippen LogP contribution < -0.4 is 15.4 Å². The smallest absolute Gasteiger partial charge is 0.265 e. The monoisotopic (exact) mass is 356 g/mol. The van der Waals surface area contributed by atoms with Crippen LogP contribution in [-0.4, -0.2) is 29.4 Å². The van der Waals surface area contributed by atoms with E-state index in [1.54, 1.807) is 36.9 Å². The number of thioether (sulfide) groups is 1. The number of carbonyl (C=O) groups excluding carboxylic acids is 2. The number of benzene rings is 2. The van der Waals surface area contributed by atoms with Gasteiger partial charge >= 0.3 is 0 Å². The van der Waals surface area contributed by atoms with Crippen molar-refractivity contribution < 1.29 is 14.3 Å². The quantitative estimate of drug-likeness (QED) is 0.779. The maximum atomic E-state index is 12.1. The van der Waals surface area contributed by atoms with Gasteiger partial charge in [-0.1, -0.05) is 30.3 Å². The number of nitrogens with one attached hydrogen (secondary N) is 2. The zero-order valence-electron chi connectivity index (χ0n) is 14.0. The molecule has 1 heterocycles. The van der Waals surface area contributed by atoms with E-state index in [1.165, 1.54) is 5.56 Å². The second-order valence-corrected chi connectivity index (χ2v) is 6.90. The number of aryl methyl sites for hydroxylation is 1. The molecule has 1 unspecified atom stereocenters. The number of amides is 2. The molecule has 2 amide bonds. The number of anilines is 2. The summed E-state index contributed by atoms with van der Waals surface area (Å²) in [6.07, 6.45) is 0.438. The molecule has 2 N–H and O–H groups in total. The van der Waals surface area contributed by atoms with E-state index in [-0.39, 0.29) is 11.8 Å². The number of rotatable bonds is 6. The van der Waals surface area contributed by atoms with Gasteiger partial charge in [-0.2, -0.15) is 11.8 Å². The minimum Gasteiger partial charge on any atom is -0.479 e. The fraction of sp³-hybridized carbons (Fsp3) is 0.263. The summed E-state index contributed by atoms with van der Waals surface area (Å²) in [6, 6.07) is 15.5. The van der Waals surface area contributed by atoms with E-state index in [4.69, 9.17) is 4.74 Å². The molecule has 0 saturated heterocycles. The number of hydrogen-bond acceptors (Lipinski definition) is 4. The summed E-state index contributed by atoms with van der Waals surface area (Å²) in [5.41, 5.74) is 2.50. The van der Waals surface area contributed by atoms with Crippen LogP contribution in [0.15, 0.2) is 48.5 Å². The summed E-state index contributed by atoms with van der Waals surface area (Å²) in [6.45, 7) is 1.70. The van der Waals surface area contributed by atoms with Crippen LogP contribution in [0.2, 0.25) is 0 Å². The average molecular weight is 356 g/mol. The molecular weight excluding hydrogens is 336 g/mol. The molecule has 1 aliphatic rings. The number of ether oxygens (including phenoxy) is 1. The van der Waals surface area contributed by atoms with Crippen LogP contribution in [0.1, 0.15) is 12.5 Å². The standard InChI is InChI=1S/C19H20N2O3S/c1-13-19(23)21-16-11-15(7-8-17(16)24-13)20-18(22)12-25-10-9-14-5-3-2-4-6-14/h2-8,11,13H,9-10,12H2,1H3,(H,20,22)(H,21,23). The molecule has 0 radical (unpaired) electrons. The van der Waals surface area contributed by atoms with E-state index < -0.39 is 6.10 Å². The first-order valence-electron chi connectivity index (χ1n) is 8.15. The van der Waals surface area contributed by atoms with E-state index in [0.717, 1.165) is 12.2 Å². The van der Waals surface area contributed by atoms with Gasteiger partial charge in [-0.05, 0) is 42.9 Å². The molecule has 5 nitrogen and oxygen atoms in total. The first kappa shape index (κ1) is 17.4. The lowest BCUT2D eigenvalue weighted by atomic mass is 10.2. The van der Waals surface area contributed by atoms with Crippen LogP contribution in [0, 0.1) is 0 Å². The van der Waals surface area contributed by atoms with Crippen molar-refractivity contribution in [3.8, 4) is 5.75 Å². The van der Waals surface area contributed by atoms with Crippen molar-refractivity contribution in [1.82, 2.24) is 0 Å². The Morgan fingerprint density at radius 3 is 2.84 bits per heavy atom.